The van der Waals surface area contributed by atoms with Crippen molar-refractivity contribution >= 4 is 35.5 Å². The van der Waals surface area contributed by atoms with Crippen LogP contribution in [0.4, 0.5) is 5.69 Å². The average Bonchev–Trinajstić information content (AvgIpc) is 3.34. The summed E-state index contributed by atoms with van der Waals surface area (Å²) >= 11 is 0. The molecule has 1 fully saturated rings. The molecule has 1 atom stereocenters. The largest absolute Gasteiger partial charge is 0.402 e. The van der Waals surface area contributed by atoms with Crippen molar-refractivity contribution in [1.82, 2.24) is 10.2 Å². The lowest BCUT2D eigenvalue weighted by molar-refractivity contribution is -0.124. The number of hydrogen-bond donors (Lipinski definition) is 4. The van der Waals surface area contributed by atoms with E-state index in [1.165, 1.54) is 30.7 Å². The lowest BCUT2D eigenvalue weighted by Gasteiger charge is -2.37. The standard InChI is InChI=1S/C41H47N5O5/c1-25(48)36(43)18-15-31(42)21-27-9-13-30(14-10-27)41(2,3)29-11-7-26(8-12-29)20-28-22-33(23-28)45-32-16-17-34-35(24-32)40(51)46(39(34)50)37(6-5-19-47)38(49)44-4/h7-19,24,28,33,37,45H,5-6,20-23,42-43H2,1-4H3,(H,44,49)/b31-15-,36-18-/t28-,33+,37?. The van der Waals surface area contributed by atoms with Crippen LogP contribution in [0.15, 0.2) is 90.3 Å². The first-order chi connectivity index (χ1) is 24.3. The Bertz CT molecular complexity index is 1870. The van der Waals surface area contributed by atoms with E-state index in [-0.39, 0.29) is 46.9 Å². The number of aldehydes is 1. The van der Waals surface area contributed by atoms with Crippen molar-refractivity contribution in [2.24, 2.45) is 17.4 Å². The van der Waals surface area contributed by atoms with Gasteiger partial charge in [-0.2, -0.15) is 0 Å². The molecule has 0 bridgehead atoms. The Morgan fingerprint density at radius 3 is 2.10 bits per heavy atom. The first kappa shape index (κ1) is 36.8. The number of rotatable bonds is 15. The van der Waals surface area contributed by atoms with E-state index in [0.29, 0.717) is 24.3 Å². The minimum Gasteiger partial charge on any atom is -0.402 e. The van der Waals surface area contributed by atoms with E-state index in [9.17, 15) is 24.0 Å². The zero-order chi connectivity index (χ0) is 36.9. The maximum atomic E-state index is 13.3. The van der Waals surface area contributed by atoms with E-state index < -0.39 is 23.8 Å². The minimum atomic E-state index is -1.04. The highest BCUT2D eigenvalue weighted by Gasteiger charge is 2.42. The van der Waals surface area contributed by atoms with Gasteiger partial charge in [0.05, 0.1) is 16.8 Å². The molecule has 3 amide bonds. The van der Waals surface area contributed by atoms with Crippen molar-refractivity contribution in [2.45, 2.75) is 76.8 Å². The van der Waals surface area contributed by atoms with E-state index in [0.717, 1.165) is 35.4 Å². The van der Waals surface area contributed by atoms with Crippen LogP contribution >= 0.6 is 0 Å². The van der Waals surface area contributed by atoms with Crippen LogP contribution < -0.4 is 22.1 Å². The zero-order valence-corrected chi connectivity index (χ0v) is 29.7. The number of imide groups is 1. The molecule has 1 heterocycles. The second kappa shape index (κ2) is 15.6. The number of fused-ring (bicyclic) bond motifs is 1. The van der Waals surface area contributed by atoms with Gasteiger partial charge in [-0.15, -0.1) is 0 Å². The summed E-state index contributed by atoms with van der Waals surface area (Å²) in [5.74, 6) is -1.17. The summed E-state index contributed by atoms with van der Waals surface area (Å²) in [6, 6.07) is 21.6. The van der Waals surface area contributed by atoms with Crippen molar-refractivity contribution < 1.29 is 24.0 Å². The number of nitrogens with zero attached hydrogens (tertiary/aromatic N) is 1. The molecule has 1 saturated carbocycles. The van der Waals surface area contributed by atoms with Gasteiger partial charge in [-0.05, 0) is 84.2 Å². The van der Waals surface area contributed by atoms with Gasteiger partial charge in [0, 0.05) is 49.7 Å². The molecular weight excluding hydrogens is 642 g/mol. The minimum absolute atomic E-state index is 0.0644. The molecule has 1 aliphatic carbocycles. The van der Waals surface area contributed by atoms with E-state index in [2.05, 4.69) is 73.0 Å². The Morgan fingerprint density at radius 1 is 0.902 bits per heavy atom. The number of nitrogens with one attached hydrogen (secondary N) is 2. The van der Waals surface area contributed by atoms with Crippen LogP contribution in [0.1, 0.15) is 89.4 Å². The fraction of sp³-hybridized carbons (Fsp3) is 0.341. The number of benzene rings is 3. The third-order valence-electron chi connectivity index (χ3n) is 10.1. The Labute approximate surface area is 299 Å². The molecule has 0 saturated heterocycles. The van der Waals surface area contributed by atoms with Crippen LogP contribution in [0.3, 0.4) is 0 Å². The van der Waals surface area contributed by atoms with Crippen LogP contribution in [0.5, 0.6) is 0 Å². The molecule has 51 heavy (non-hydrogen) atoms. The van der Waals surface area contributed by atoms with Gasteiger partial charge < -0.3 is 26.9 Å². The van der Waals surface area contributed by atoms with Crippen molar-refractivity contribution in [3.05, 3.63) is 124 Å². The van der Waals surface area contributed by atoms with Gasteiger partial charge in [0.2, 0.25) is 5.91 Å². The Kier molecular flexibility index (Phi) is 11.2. The quantitative estimate of drug-likeness (QED) is 0.0754. The van der Waals surface area contributed by atoms with Crippen molar-refractivity contribution in [3.8, 4) is 0 Å². The highest BCUT2D eigenvalue weighted by atomic mass is 16.2. The summed E-state index contributed by atoms with van der Waals surface area (Å²) in [5, 5.41) is 6.00. The number of likely N-dealkylation sites (N-methyl/N-ethyl adjacent to an activating group) is 1. The molecule has 266 valence electrons. The fourth-order valence-corrected chi connectivity index (χ4v) is 6.86. The highest BCUT2D eigenvalue weighted by molar-refractivity contribution is 6.23. The first-order valence-corrected chi connectivity index (χ1v) is 17.4. The lowest BCUT2D eigenvalue weighted by Crippen LogP contribution is -2.48. The molecule has 0 spiro atoms. The monoisotopic (exact) mass is 689 g/mol. The van der Waals surface area contributed by atoms with E-state index >= 15 is 0 Å². The normalized spacial score (nSPS) is 18.2. The van der Waals surface area contributed by atoms with Crippen LogP contribution in [0.25, 0.3) is 0 Å². The molecule has 10 heteroatoms. The maximum Gasteiger partial charge on any atom is 0.262 e. The molecule has 1 unspecified atom stereocenters. The van der Waals surface area contributed by atoms with Gasteiger partial charge in [-0.3, -0.25) is 24.1 Å². The number of amides is 3. The van der Waals surface area contributed by atoms with Crippen LogP contribution in [-0.2, 0) is 32.6 Å². The van der Waals surface area contributed by atoms with Gasteiger partial charge in [0.25, 0.3) is 11.8 Å². The number of allylic oxidation sites excluding steroid dienone is 4. The zero-order valence-electron chi connectivity index (χ0n) is 29.7. The number of hydrogen-bond acceptors (Lipinski definition) is 8. The van der Waals surface area contributed by atoms with Crippen LogP contribution in [-0.4, -0.2) is 53.8 Å². The predicted octanol–water partition coefficient (Wildman–Crippen LogP) is 4.95. The molecular formula is C41H47N5O5. The lowest BCUT2D eigenvalue weighted by atomic mass is 9.75. The van der Waals surface area contributed by atoms with Crippen molar-refractivity contribution in [3.63, 3.8) is 0 Å². The third-order valence-corrected chi connectivity index (χ3v) is 10.1. The van der Waals surface area contributed by atoms with Crippen LogP contribution in [0, 0.1) is 5.92 Å². The Balaban J connectivity index is 1.14. The second-order valence-corrected chi connectivity index (χ2v) is 14.1. The molecule has 0 aromatic heterocycles. The predicted molar refractivity (Wildman–Crippen MR) is 198 cm³/mol. The summed E-state index contributed by atoms with van der Waals surface area (Å²) < 4.78 is 0. The fourth-order valence-electron chi connectivity index (χ4n) is 6.86. The van der Waals surface area contributed by atoms with Gasteiger partial charge in [0.15, 0.2) is 5.78 Å². The number of anilines is 1. The molecule has 2 aliphatic rings. The third kappa shape index (κ3) is 8.28. The number of carbonyl (C=O) groups excluding carboxylic acids is 5. The van der Waals surface area contributed by atoms with Crippen LogP contribution in [0.2, 0.25) is 0 Å². The first-order valence-electron chi connectivity index (χ1n) is 17.4. The Hall–Kier alpha value is -5.51. The number of carbonyl (C=O) groups is 5. The van der Waals surface area contributed by atoms with Gasteiger partial charge in [-0.1, -0.05) is 62.4 Å². The van der Waals surface area contributed by atoms with E-state index in [4.69, 9.17) is 11.5 Å². The summed E-state index contributed by atoms with van der Waals surface area (Å²) in [7, 11) is 1.44. The summed E-state index contributed by atoms with van der Waals surface area (Å²) in [6.45, 7) is 5.86. The van der Waals surface area contributed by atoms with Crippen molar-refractivity contribution in [1.29, 1.82) is 0 Å². The molecule has 1 aliphatic heterocycles. The molecule has 6 N–H and O–H groups in total. The molecule has 10 nitrogen and oxygen atoms in total. The van der Waals surface area contributed by atoms with E-state index in [1.54, 1.807) is 30.4 Å². The molecule has 3 aromatic rings. The van der Waals surface area contributed by atoms with Gasteiger partial charge >= 0.3 is 0 Å². The van der Waals surface area contributed by atoms with E-state index in [1.807, 2.05) is 0 Å². The highest BCUT2D eigenvalue weighted by Crippen LogP contribution is 2.36. The molecule has 3 aromatic carbocycles. The number of Topliss-reactive ketones (excluding diaryl/α,β-unsaturated/α-hetero) is 1. The van der Waals surface area contributed by atoms with Crippen molar-refractivity contribution in [2.75, 3.05) is 12.4 Å². The Morgan fingerprint density at radius 2 is 1.51 bits per heavy atom. The average molecular weight is 690 g/mol. The molecule has 0 radical (unpaired) electrons. The van der Waals surface area contributed by atoms with Gasteiger partial charge in [-0.25, -0.2) is 0 Å². The maximum absolute atomic E-state index is 13.3. The second-order valence-electron chi connectivity index (χ2n) is 14.1. The topological polar surface area (TPSA) is 165 Å². The SMILES string of the molecule is CNC(=O)C(CCC=O)N1C(=O)c2ccc(N[C@H]3C[C@@H](Cc4ccc(C(C)(C)c5ccc(C/C(N)=C/C=C(\N)C(C)=O)cc5)cc4)C3)cc2C1=O. The molecule has 5 rings (SSSR count). The smallest absolute Gasteiger partial charge is 0.262 e. The van der Waals surface area contributed by atoms with Gasteiger partial charge in [0.1, 0.15) is 12.3 Å². The number of nitrogens with two attached hydrogens (primary N) is 2. The summed E-state index contributed by atoms with van der Waals surface area (Å²) in [6.07, 6.45) is 7.55. The summed E-state index contributed by atoms with van der Waals surface area (Å²) in [5.41, 5.74) is 18.5. The number of ketones is 1. The summed E-state index contributed by atoms with van der Waals surface area (Å²) in [4.78, 5) is 62.1.